The summed E-state index contributed by atoms with van der Waals surface area (Å²) in [5, 5.41) is 0. The maximum absolute atomic E-state index is 12.4. The maximum atomic E-state index is 12.4. The van der Waals surface area contributed by atoms with Crippen LogP contribution in [0.4, 0.5) is 0 Å². The number of esters is 1. The topological polar surface area (TPSA) is 38.8 Å². The van der Waals surface area contributed by atoms with E-state index in [-0.39, 0.29) is 11.9 Å². The van der Waals surface area contributed by atoms with Crippen LogP contribution in [-0.2, 0) is 14.3 Å². The molecule has 0 aromatic rings. The SMILES string of the molecule is CCCCCCCCC(CCCCCC)C(=O)OCCCCC1CO1. The van der Waals surface area contributed by atoms with Gasteiger partial charge in [0.05, 0.1) is 25.2 Å². The Bertz CT molecular complexity index is 312. The van der Waals surface area contributed by atoms with Crippen LogP contribution in [0.15, 0.2) is 0 Å². The third kappa shape index (κ3) is 13.3. The van der Waals surface area contributed by atoms with Crippen molar-refractivity contribution in [3.8, 4) is 0 Å². The van der Waals surface area contributed by atoms with Crippen molar-refractivity contribution in [1.82, 2.24) is 0 Å². The quantitative estimate of drug-likeness (QED) is 0.162. The Labute approximate surface area is 156 Å². The van der Waals surface area contributed by atoms with Crippen molar-refractivity contribution in [2.45, 2.75) is 116 Å². The summed E-state index contributed by atoms with van der Waals surface area (Å²) in [6.45, 7) is 6.00. The van der Waals surface area contributed by atoms with E-state index in [0.717, 1.165) is 38.7 Å². The molecule has 3 nitrogen and oxygen atoms in total. The summed E-state index contributed by atoms with van der Waals surface area (Å²) in [5.41, 5.74) is 0. The predicted molar refractivity (Wildman–Crippen MR) is 105 cm³/mol. The second-order valence-electron chi connectivity index (χ2n) is 7.72. The van der Waals surface area contributed by atoms with Gasteiger partial charge in [0, 0.05) is 0 Å². The molecule has 0 aromatic heterocycles. The number of hydrogen-bond acceptors (Lipinski definition) is 3. The van der Waals surface area contributed by atoms with Crippen LogP contribution in [0.5, 0.6) is 0 Å². The van der Waals surface area contributed by atoms with E-state index in [9.17, 15) is 4.79 Å². The van der Waals surface area contributed by atoms with Gasteiger partial charge in [-0.1, -0.05) is 78.1 Å². The normalized spacial score (nSPS) is 17.4. The molecule has 0 bridgehead atoms. The molecular weight excluding hydrogens is 312 g/mol. The summed E-state index contributed by atoms with van der Waals surface area (Å²) >= 11 is 0. The van der Waals surface area contributed by atoms with Gasteiger partial charge in [-0.15, -0.1) is 0 Å². The van der Waals surface area contributed by atoms with Crippen LogP contribution in [0.25, 0.3) is 0 Å². The molecule has 1 fully saturated rings. The van der Waals surface area contributed by atoms with Crippen molar-refractivity contribution < 1.29 is 14.3 Å². The van der Waals surface area contributed by atoms with Crippen LogP contribution in [0.2, 0.25) is 0 Å². The van der Waals surface area contributed by atoms with E-state index in [4.69, 9.17) is 9.47 Å². The average Bonchev–Trinajstić information content (AvgIpc) is 3.43. The van der Waals surface area contributed by atoms with Crippen LogP contribution in [-0.4, -0.2) is 25.3 Å². The van der Waals surface area contributed by atoms with Crippen molar-refractivity contribution in [2.24, 2.45) is 5.92 Å². The van der Waals surface area contributed by atoms with Crippen molar-refractivity contribution in [1.29, 1.82) is 0 Å². The highest BCUT2D eigenvalue weighted by molar-refractivity contribution is 5.72. The molecule has 0 radical (unpaired) electrons. The minimum absolute atomic E-state index is 0.0627. The first-order chi connectivity index (χ1) is 12.3. The fourth-order valence-corrected chi connectivity index (χ4v) is 3.37. The van der Waals surface area contributed by atoms with Crippen molar-refractivity contribution in [3.63, 3.8) is 0 Å². The monoisotopic (exact) mass is 354 g/mol. The lowest BCUT2D eigenvalue weighted by Crippen LogP contribution is -2.18. The molecule has 3 heteroatoms. The Morgan fingerprint density at radius 3 is 2.04 bits per heavy atom. The first kappa shape index (κ1) is 22.5. The van der Waals surface area contributed by atoms with E-state index in [1.54, 1.807) is 0 Å². The van der Waals surface area contributed by atoms with Gasteiger partial charge in [-0.3, -0.25) is 4.79 Å². The maximum Gasteiger partial charge on any atom is 0.308 e. The standard InChI is InChI=1S/C22H42O3/c1-3-5-7-9-10-12-16-20(15-11-8-6-4-2)22(23)24-18-14-13-17-21-19-25-21/h20-21H,3-19H2,1-2H3. The fourth-order valence-electron chi connectivity index (χ4n) is 3.37. The van der Waals surface area contributed by atoms with Crippen LogP contribution in [0.1, 0.15) is 110 Å². The number of ether oxygens (including phenoxy) is 2. The van der Waals surface area contributed by atoms with E-state index in [2.05, 4.69) is 13.8 Å². The molecule has 1 heterocycles. The Hall–Kier alpha value is -0.570. The molecule has 1 saturated heterocycles. The summed E-state index contributed by atoms with van der Waals surface area (Å²) in [5.74, 6) is 0.197. The lowest BCUT2D eigenvalue weighted by molar-refractivity contribution is -0.149. The van der Waals surface area contributed by atoms with Gasteiger partial charge in [-0.2, -0.15) is 0 Å². The smallest absolute Gasteiger partial charge is 0.308 e. The number of hydrogen-bond donors (Lipinski definition) is 0. The highest BCUT2D eigenvalue weighted by atomic mass is 16.6. The molecule has 0 aliphatic carbocycles. The fraction of sp³-hybridized carbons (Fsp3) is 0.955. The highest BCUT2D eigenvalue weighted by Crippen LogP contribution is 2.21. The molecule has 25 heavy (non-hydrogen) atoms. The van der Waals surface area contributed by atoms with Crippen LogP contribution in [0.3, 0.4) is 0 Å². The molecule has 0 aromatic carbocycles. The Balaban J connectivity index is 2.15. The molecule has 0 saturated carbocycles. The van der Waals surface area contributed by atoms with Crippen molar-refractivity contribution in [2.75, 3.05) is 13.2 Å². The molecule has 1 aliphatic rings. The molecule has 148 valence electrons. The summed E-state index contributed by atoms with van der Waals surface area (Å²) in [7, 11) is 0. The lowest BCUT2D eigenvalue weighted by atomic mass is 9.94. The van der Waals surface area contributed by atoms with E-state index in [1.165, 1.54) is 64.2 Å². The van der Waals surface area contributed by atoms with Gasteiger partial charge in [0.15, 0.2) is 0 Å². The Morgan fingerprint density at radius 2 is 1.44 bits per heavy atom. The molecular formula is C22H42O3. The second kappa shape index (κ2) is 15.7. The third-order valence-corrected chi connectivity index (χ3v) is 5.21. The summed E-state index contributed by atoms with van der Waals surface area (Å²) in [4.78, 5) is 12.4. The summed E-state index contributed by atoms with van der Waals surface area (Å²) < 4.78 is 10.8. The van der Waals surface area contributed by atoms with E-state index >= 15 is 0 Å². The second-order valence-corrected chi connectivity index (χ2v) is 7.72. The van der Waals surface area contributed by atoms with Crippen LogP contribution >= 0.6 is 0 Å². The zero-order valence-corrected chi connectivity index (χ0v) is 16.9. The Morgan fingerprint density at radius 1 is 0.880 bits per heavy atom. The van der Waals surface area contributed by atoms with Crippen LogP contribution < -0.4 is 0 Å². The van der Waals surface area contributed by atoms with Crippen molar-refractivity contribution in [3.05, 3.63) is 0 Å². The molecule has 1 aliphatic heterocycles. The Kier molecular flexibility index (Phi) is 14.1. The number of carbonyl (C=O) groups is 1. The molecule has 2 unspecified atom stereocenters. The van der Waals surface area contributed by atoms with E-state index in [1.807, 2.05) is 0 Å². The third-order valence-electron chi connectivity index (χ3n) is 5.21. The summed E-state index contributed by atoms with van der Waals surface area (Å²) in [6, 6.07) is 0. The first-order valence-corrected chi connectivity index (χ1v) is 11.1. The van der Waals surface area contributed by atoms with Crippen LogP contribution in [0, 0.1) is 5.92 Å². The molecule has 1 rings (SSSR count). The molecule has 2 atom stereocenters. The molecule has 0 N–H and O–H groups in total. The largest absolute Gasteiger partial charge is 0.465 e. The van der Waals surface area contributed by atoms with Gasteiger partial charge in [-0.05, 0) is 32.1 Å². The van der Waals surface area contributed by atoms with E-state index in [0.29, 0.717) is 12.7 Å². The zero-order valence-electron chi connectivity index (χ0n) is 16.9. The van der Waals surface area contributed by atoms with E-state index < -0.39 is 0 Å². The van der Waals surface area contributed by atoms with Gasteiger partial charge in [0.1, 0.15) is 0 Å². The van der Waals surface area contributed by atoms with Gasteiger partial charge in [0.25, 0.3) is 0 Å². The molecule has 0 amide bonds. The number of rotatable bonds is 18. The number of unbranched alkanes of at least 4 members (excludes halogenated alkanes) is 9. The zero-order chi connectivity index (χ0) is 18.2. The number of carbonyl (C=O) groups excluding carboxylic acids is 1. The van der Waals surface area contributed by atoms with Gasteiger partial charge in [-0.25, -0.2) is 0 Å². The summed E-state index contributed by atoms with van der Waals surface area (Å²) in [6.07, 6.45) is 18.4. The number of epoxide rings is 1. The highest BCUT2D eigenvalue weighted by Gasteiger charge is 2.22. The van der Waals surface area contributed by atoms with Gasteiger partial charge < -0.3 is 9.47 Å². The average molecular weight is 355 g/mol. The van der Waals surface area contributed by atoms with Gasteiger partial charge in [0.2, 0.25) is 0 Å². The first-order valence-electron chi connectivity index (χ1n) is 11.1. The minimum atomic E-state index is 0.0627. The van der Waals surface area contributed by atoms with Crippen molar-refractivity contribution >= 4 is 5.97 Å². The van der Waals surface area contributed by atoms with Gasteiger partial charge >= 0.3 is 5.97 Å². The molecule has 0 spiro atoms. The lowest BCUT2D eigenvalue weighted by Gasteiger charge is -2.16. The minimum Gasteiger partial charge on any atom is -0.465 e. The predicted octanol–water partition coefficient (Wildman–Crippen LogP) is 6.44.